The molecule has 0 aliphatic rings. The summed E-state index contributed by atoms with van der Waals surface area (Å²) >= 11 is 3.18. The molecule has 0 amide bonds. The van der Waals surface area contributed by atoms with Gasteiger partial charge in [0.2, 0.25) is 5.75 Å². The van der Waals surface area contributed by atoms with Gasteiger partial charge in [0.25, 0.3) is 0 Å². The Morgan fingerprint density at radius 3 is 2.64 bits per heavy atom. The lowest BCUT2D eigenvalue weighted by Gasteiger charge is -2.10. The quantitative estimate of drug-likeness (QED) is 0.648. The Morgan fingerprint density at radius 1 is 1.50 bits per heavy atom. The van der Waals surface area contributed by atoms with Gasteiger partial charge in [-0.05, 0) is 34.0 Å². The van der Waals surface area contributed by atoms with E-state index in [0.29, 0.717) is 10.9 Å². The molecule has 0 aliphatic heterocycles. The first-order valence-corrected chi connectivity index (χ1v) is 4.79. The molecule has 0 aromatic heterocycles. The van der Waals surface area contributed by atoms with Crippen LogP contribution in [0.2, 0.25) is 0 Å². The van der Waals surface area contributed by atoms with E-state index in [-0.39, 0.29) is 17.2 Å². The molecule has 0 unspecified atom stereocenters. The molecule has 1 rings (SSSR count). The smallest absolute Gasteiger partial charge is 0.201 e. The zero-order valence-corrected chi connectivity index (χ0v) is 9.34. The maximum Gasteiger partial charge on any atom is 0.201 e. The van der Waals surface area contributed by atoms with Crippen molar-refractivity contribution in [1.82, 2.24) is 0 Å². The minimum Gasteiger partial charge on any atom is -0.503 e. The minimum atomic E-state index is -0.257. The first-order chi connectivity index (χ1) is 6.61. The van der Waals surface area contributed by atoms with E-state index in [9.17, 15) is 10.2 Å². The predicted octanol–water partition coefficient (Wildman–Crippen LogP) is 2.60. The minimum absolute atomic E-state index is 0.207. The van der Waals surface area contributed by atoms with Crippen LogP contribution in [-0.2, 0) is 6.42 Å². The van der Waals surface area contributed by atoms with Gasteiger partial charge in [-0.2, -0.15) is 0 Å². The number of halogens is 1. The average Bonchev–Trinajstić information content (AvgIpc) is 2.19. The van der Waals surface area contributed by atoms with Crippen LogP contribution in [0, 0.1) is 0 Å². The topological polar surface area (TPSA) is 49.7 Å². The van der Waals surface area contributed by atoms with Gasteiger partial charge in [-0.3, -0.25) is 0 Å². The highest BCUT2D eigenvalue weighted by molar-refractivity contribution is 9.10. The Hall–Kier alpha value is -1.16. The van der Waals surface area contributed by atoms with Crippen LogP contribution in [0.25, 0.3) is 0 Å². The maximum atomic E-state index is 9.51. The molecular formula is C10H11BrO3. The standard InChI is InChI=1S/C10H11BrO3/c1-3-4-6-5-7(14-2)9(12)10(13)8(6)11/h3,5,12-13H,1,4H2,2H3. The fraction of sp³-hybridized carbons (Fsp3) is 0.200. The third kappa shape index (κ3) is 1.85. The van der Waals surface area contributed by atoms with Crippen molar-refractivity contribution in [3.63, 3.8) is 0 Å². The van der Waals surface area contributed by atoms with Crippen LogP contribution in [0.1, 0.15) is 5.56 Å². The summed E-state index contributed by atoms with van der Waals surface area (Å²) in [7, 11) is 1.43. The Kier molecular flexibility index (Phi) is 3.41. The van der Waals surface area contributed by atoms with Gasteiger partial charge in [0, 0.05) is 0 Å². The first-order valence-electron chi connectivity index (χ1n) is 4.00. The van der Waals surface area contributed by atoms with Gasteiger partial charge in [0.05, 0.1) is 11.6 Å². The molecule has 1 aromatic carbocycles. The van der Waals surface area contributed by atoms with Crippen LogP contribution in [0.5, 0.6) is 17.2 Å². The van der Waals surface area contributed by atoms with Crippen LogP contribution >= 0.6 is 15.9 Å². The van der Waals surface area contributed by atoms with E-state index in [0.717, 1.165) is 5.56 Å². The van der Waals surface area contributed by atoms with E-state index < -0.39 is 0 Å². The highest BCUT2D eigenvalue weighted by Crippen LogP contribution is 2.43. The van der Waals surface area contributed by atoms with E-state index in [1.54, 1.807) is 12.1 Å². The van der Waals surface area contributed by atoms with Crippen LogP contribution in [0.15, 0.2) is 23.2 Å². The summed E-state index contributed by atoms with van der Waals surface area (Å²) in [6.45, 7) is 3.60. The molecule has 0 fully saturated rings. The number of phenols is 2. The molecule has 2 N–H and O–H groups in total. The fourth-order valence-corrected chi connectivity index (χ4v) is 1.59. The summed E-state index contributed by atoms with van der Waals surface area (Å²) in [6.07, 6.45) is 2.29. The number of rotatable bonds is 3. The second kappa shape index (κ2) is 4.37. The molecule has 1 aromatic rings. The Morgan fingerprint density at radius 2 is 2.14 bits per heavy atom. The molecule has 0 radical (unpaired) electrons. The largest absolute Gasteiger partial charge is 0.503 e. The van der Waals surface area contributed by atoms with Crippen LogP contribution in [0.4, 0.5) is 0 Å². The normalized spacial score (nSPS) is 9.86. The molecule has 0 heterocycles. The monoisotopic (exact) mass is 258 g/mol. The highest BCUT2D eigenvalue weighted by Gasteiger charge is 2.14. The van der Waals surface area contributed by atoms with Gasteiger partial charge in [0.15, 0.2) is 11.5 Å². The number of hydrogen-bond donors (Lipinski definition) is 2. The maximum absolute atomic E-state index is 9.51. The van der Waals surface area contributed by atoms with Crippen molar-refractivity contribution >= 4 is 15.9 Å². The summed E-state index contributed by atoms with van der Waals surface area (Å²) in [4.78, 5) is 0. The molecule has 14 heavy (non-hydrogen) atoms. The molecular weight excluding hydrogens is 248 g/mol. The summed E-state index contributed by atoms with van der Waals surface area (Å²) in [5, 5.41) is 19.0. The number of ether oxygens (including phenoxy) is 1. The van der Waals surface area contributed by atoms with Gasteiger partial charge >= 0.3 is 0 Å². The summed E-state index contributed by atoms with van der Waals surface area (Å²) in [6, 6.07) is 1.65. The number of phenolic OH excluding ortho intramolecular Hbond substituents is 2. The van der Waals surface area contributed by atoms with Crippen molar-refractivity contribution in [3.8, 4) is 17.2 Å². The molecule has 0 saturated heterocycles. The number of benzene rings is 1. The summed E-state index contributed by atoms with van der Waals surface area (Å²) < 4.78 is 5.37. The summed E-state index contributed by atoms with van der Waals surface area (Å²) in [5.74, 6) is -0.212. The average molecular weight is 259 g/mol. The second-order valence-corrected chi connectivity index (χ2v) is 3.53. The second-order valence-electron chi connectivity index (χ2n) is 2.74. The predicted molar refractivity (Wildman–Crippen MR) is 57.9 cm³/mol. The molecule has 0 saturated carbocycles. The Labute approximate surface area is 90.8 Å². The van der Waals surface area contributed by atoms with Crippen molar-refractivity contribution in [2.75, 3.05) is 7.11 Å². The van der Waals surface area contributed by atoms with Crippen molar-refractivity contribution in [2.45, 2.75) is 6.42 Å². The first kappa shape index (κ1) is 10.9. The van der Waals surface area contributed by atoms with E-state index in [2.05, 4.69) is 22.5 Å². The van der Waals surface area contributed by atoms with Gasteiger partial charge < -0.3 is 14.9 Å². The van der Waals surface area contributed by atoms with E-state index in [1.165, 1.54) is 7.11 Å². The number of methoxy groups -OCH3 is 1. The number of aromatic hydroxyl groups is 2. The lowest BCUT2D eigenvalue weighted by molar-refractivity contribution is 0.349. The zero-order chi connectivity index (χ0) is 10.7. The molecule has 0 spiro atoms. The van der Waals surface area contributed by atoms with Gasteiger partial charge in [-0.1, -0.05) is 6.08 Å². The number of allylic oxidation sites excluding steroid dienone is 1. The summed E-state index contributed by atoms with van der Waals surface area (Å²) in [5.41, 5.74) is 0.812. The lowest BCUT2D eigenvalue weighted by atomic mass is 10.1. The van der Waals surface area contributed by atoms with Crippen molar-refractivity contribution in [2.24, 2.45) is 0 Å². The third-order valence-electron chi connectivity index (χ3n) is 1.84. The number of hydrogen-bond acceptors (Lipinski definition) is 3. The van der Waals surface area contributed by atoms with Crippen LogP contribution < -0.4 is 4.74 Å². The highest BCUT2D eigenvalue weighted by atomic mass is 79.9. The van der Waals surface area contributed by atoms with E-state index in [4.69, 9.17) is 4.74 Å². The Balaban J connectivity index is 3.32. The molecule has 4 heteroatoms. The van der Waals surface area contributed by atoms with Gasteiger partial charge in [-0.25, -0.2) is 0 Å². The van der Waals surface area contributed by atoms with E-state index >= 15 is 0 Å². The Bertz CT molecular complexity index is 361. The van der Waals surface area contributed by atoms with Crippen molar-refractivity contribution in [3.05, 3.63) is 28.8 Å². The fourth-order valence-electron chi connectivity index (χ4n) is 1.12. The van der Waals surface area contributed by atoms with Gasteiger partial charge in [0.1, 0.15) is 0 Å². The zero-order valence-electron chi connectivity index (χ0n) is 7.75. The SMILES string of the molecule is C=CCc1cc(OC)c(O)c(O)c1Br. The third-order valence-corrected chi connectivity index (χ3v) is 2.72. The molecule has 76 valence electrons. The van der Waals surface area contributed by atoms with E-state index in [1.807, 2.05) is 0 Å². The molecule has 0 atom stereocenters. The van der Waals surface area contributed by atoms with Crippen LogP contribution in [-0.4, -0.2) is 17.3 Å². The van der Waals surface area contributed by atoms with Crippen LogP contribution in [0.3, 0.4) is 0 Å². The van der Waals surface area contributed by atoms with Crippen molar-refractivity contribution in [1.29, 1.82) is 0 Å². The molecule has 3 nitrogen and oxygen atoms in total. The van der Waals surface area contributed by atoms with Gasteiger partial charge in [-0.15, -0.1) is 6.58 Å². The lowest BCUT2D eigenvalue weighted by Crippen LogP contribution is -1.90. The molecule has 0 aliphatic carbocycles. The molecule has 0 bridgehead atoms. The van der Waals surface area contributed by atoms with Crippen molar-refractivity contribution < 1.29 is 14.9 Å².